The van der Waals surface area contributed by atoms with Crippen LogP contribution >= 0.6 is 0 Å². The minimum Gasteiger partial charge on any atom is -0.350 e. The van der Waals surface area contributed by atoms with E-state index in [0.29, 0.717) is 18.7 Å². The minimum absolute atomic E-state index is 0.0584. The Bertz CT molecular complexity index is 904. The SMILES string of the molecule is Cc1cccc(C(=O)NCC(=O)NCc2ccc(Cn3cncn3)cc2)c1. The molecule has 0 bridgehead atoms. The molecule has 7 nitrogen and oxygen atoms in total. The first-order chi connectivity index (χ1) is 13.1. The van der Waals surface area contributed by atoms with E-state index >= 15 is 0 Å². The summed E-state index contributed by atoms with van der Waals surface area (Å²) in [5.74, 6) is -0.492. The largest absolute Gasteiger partial charge is 0.350 e. The summed E-state index contributed by atoms with van der Waals surface area (Å²) in [7, 11) is 0. The van der Waals surface area contributed by atoms with Crippen LogP contribution in [0.25, 0.3) is 0 Å². The molecule has 0 aliphatic carbocycles. The highest BCUT2D eigenvalue weighted by Crippen LogP contribution is 2.06. The number of hydrogen-bond donors (Lipinski definition) is 2. The molecular formula is C20H21N5O2. The van der Waals surface area contributed by atoms with Gasteiger partial charge in [0, 0.05) is 12.1 Å². The van der Waals surface area contributed by atoms with Gasteiger partial charge in [-0.25, -0.2) is 9.67 Å². The molecule has 0 saturated heterocycles. The molecule has 1 heterocycles. The van der Waals surface area contributed by atoms with Crippen LogP contribution in [0.2, 0.25) is 0 Å². The van der Waals surface area contributed by atoms with Gasteiger partial charge in [-0.15, -0.1) is 0 Å². The third-order valence-electron chi connectivity index (χ3n) is 4.01. The molecule has 0 aliphatic rings. The number of benzene rings is 2. The Morgan fingerprint density at radius 2 is 1.81 bits per heavy atom. The lowest BCUT2D eigenvalue weighted by Gasteiger charge is -2.08. The lowest BCUT2D eigenvalue weighted by molar-refractivity contribution is -0.120. The normalized spacial score (nSPS) is 10.4. The lowest BCUT2D eigenvalue weighted by atomic mass is 10.1. The number of amides is 2. The van der Waals surface area contributed by atoms with Gasteiger partial charge in [0.2, 0.25) is 5.91 Å². The van der Waals surface area contributed by atoms with Crippen molar-refractivity contribution in [2.75, 3.05) is 6.54 Å². The number of nitrogens with one attached hydrogen (secondary N) is 2. The van der Waals surface area contributed by atoms with Crippen LogP contribution in [-0.4, -0.2) is 33.1 Å². The molecule has 0 atom stereocenters. The third kappa shape index (κ3) is 5.50. The quantitative estimate of drug-likeness (QED) is 0.668. The van der Waals surface area contributed by atoms with Gasteiger partial charge in [-0.1, -0.05) is 42.0 Å². The summed E-state index contributed by atoms with van der Waals surface area (Å²) in [4.78, 5) is 27.9. The Morgan fingerprint density at radius 1 is 1.04 bits per heavy atom. The highest BCUT2D eigenvalue weighted by molar-refractivity contribution is 5.96. The van der Waals surface area contributed by atoms with Crippen molar-refractivity contribution >= 4 is 11.8 Å². The Hall–Kier alpha value is -3.48. The molecule has 0 spiro atoms. The van der Waals surface area contributed by atoms with Gasteiger partial charge in [0.15, 0.2) is 0 Å². The zero-order chi connectivity index (χ0) is 19.1. The van der Waals surface area contributed by atoms with Crippen LogP contribution < -0.4 is 10.6 Å². The summed E-state index contributed by atoms with van der Waals surface area (Å²) < 4.78 is 1.74. The maximum Gasteiger partial charge on any atom is 0.251 e. The van der Waals surface area contributed by atoms with Crippen molar-refractivity contribution in [1.82, 2.24) is 25.4 Å². The first-order valence-electron chi connectivity index (χ1n) is 8.62. The van der Waals surface area contributed by atoms with Gasteiger partial charge in [-0.2, -0.15) is 5.10 Å². The van der Waals surface area contributed by atoms with E-state index in [9.17, 15) is 9.59 Å². The van der Waals surface area contributed by atoms with Gasteiger partial charge in [-0.3, -0.25) is 9.59 Å². The van der Waals surface area contributed by atoms with E-state index in [0.717, 1.165) is 16.7 Å². The van der Waals surface area contributed by atoms with E-state index in [1.54, 1.807) is 23.1 Å². The molecular weight excluding hydrogens is 342 g/mol. The van der Waals surface area contributed by atoms with Crippen molar-refractivity contribution in [2.24, 2.45) is 0 Å². The van der Waals surface area contributed by atoms with Crippen LogP contribution in [0.4, 0.5) is 0 Å². The summed E-state index contributed by atoms with van der Waals surface area (Å²) in [6, 6.07) is 15.1. The zero-order valence-electron chi connectivity index (χ0n) is 15.1. The molecule has 138 valence electrons. The number of rotatable bonds is 7. The third-order valence-corrected chi connectivity index (χ3v) is 4.01. The maximum absolute atomic E-state index is 12.0. The molecule has 0 unspecified atom stereocenters. The number of aryl methyl sites for hydroxylation is 1. The van der Waals surface area contributed by atoms with E-state index in [4.69, 9.17) is 0 Å². The summed E-state index contributed by atoms with van der Waals surface area (Å²) >= 11 is 0. The van der Waals surface area contributed by atoms with E-state index in [1.807, 2.05) is 43.3 Å². The van der Waals surface area contributed by atoms with Crippen molar-refractivity contribution in [2.45, 2.75) is 20.0 Å². The fourth-order valence-corrected chi connectivity index (χ4v) is 2.58. The number of carbonyl (C=O) groups excluding carboxylic acids is 2. The van der Waals surface area contributed by atoms with E-state index in [1.165, 1.54) is 6.33 Å². The topological polar surface area (TPSA) is 88.9 Å². The van der Waals surface area contributed by atoms with Gasteiger partial charge in [-0.05, 0) is 30.2 Å². The summed E-state index contributed by atoms with van der Waals surface area (Å²) in [5, 5.41) is 9.50. The second kappa shape index (κ2) is 8.75. The Balaban J connectivity index is 1.43. The summed E-state index contributed by atoms with van der Waals surface area (Å²) in [5.41, 5.74) is 3.63. The Kier molecular flexibility index (Phi) is 5.94. The average Bonchev–Trinajstić information content (AvgIpc) is 3.18. The smallest absolute Gasteiger partial charge is 0.251 e. The van der Waals surface area contributed by atoms with E-state index in [-0.39, 0.29) is 18.4 Å². The molecule has 27 heavy (non-hydrogen) atoms. The van der Waals surface area contributed by atoms with Gasteiger partial charge < -0.3 is 10.6 Å². The fourth-order valence-electron chi connectivity index (χ4n) is 2.58. The second-order valence-electron chi connectivity index (χ2n) is 6.24. The van der Waals surface area contributed by atoms with Crippen LogP contribution in [-0.2, 0) is 17.9 Å². The molecule has 0 saturated carbocycles. The van der Waals surface area contributed by atoms with Crippen molar-refractivity contribution in [3.63, 3.8) is 0 Å². The molecule has 1 aromatic heterocycles. The van der Waals surface area contributed by atoms with Gasteiger partial charge >= 0.3 is 0 Å². The average molecular weight is 363 g/mol. The predicted octanol–water partition coefficient (Wildman–Crippen LogP) is 1.68. The molecule has 0 fully saturated rings. The zero-order valence-corrected chi connectivity index (χ0v) is 15.1. The van der Waals surface area contributed by atoms with Crippen LogP contribution in [0.3, 0.4) is 0 Å². The number of carbonyl (C=O) groups is 2. The van der Waals surface area contributed by atoms with Gasteiger partial charge in [0.1, 0.15) is 12.7 Å². The predicted molar refractivity (Wildman–Crippen MR) is 101 cm³/mol. The van der Waals surface area contributed by atoms with Crippen LogP contribution in [0.1, 0.15) is 27.0 Å². The van der Waals surface area contributed by atoms with Gasteiger partial charge in [0.25, 0.3) is 5.91 Å². The van der Waals surface area contributed by atoms with E-state index in [2.05, 4.69) is 20.7 Å². The summed E-state index contributed by atoms with van der Waals surface area (Å²) in [6.07, 6.45) is 3.17. The maximum atomic E-state index is 12.0. The highest BCUT2D eigenvalue weighted by Gasteiger charge is 2.08. The fraction of sp³-hybridized carbons (Fsp3) is 0.200. The molecule has 2 amide bonds. The molecule has 3 aromatic rings. The molecule has 0 aliphatic heterocycles. The van der Waals surface area contributed by atoms with Crippen molar-refractivity contribution in [3.8, 4) is 0 Å². The molecule has 7 heteroatoms. The lowest BCUT2D eigenvalue weighted by Crippen LogP contribution is -2.36. The number of aromatic nitrogens is 3. The number of nitrogens with zero attached hydrogens (tertiary/aromatic N) is 3. The minimum atomic E-state index is -0.258. The molecule has 2 aromatic carbocycles. The Labute approximate surface area is 157 Å². The van der Waals surface area contributed by atoms with Crippen LogP contribution in [0.5, 0.6) is 0 Å². The molecule has 0 radical (unpaired) electrons. The highest BCUT2D eigenvalue weighted by atomic mass is 16.2. The molecule has 3 rings (SSSR count). The monoisotopic (exact) mass is 363 g/mol. The molecule has 2 N–H and O–H groups in total. The van der Waals surface area contributed by atoms with Crippen molar-refractivity contribution < 1.29 is 9.59 Å². The van der Waals surface area contributed by atoms with Crippen LogP contribution in [0.15, 0.2) is 61.2 Å². The van der Waals surface area contributed by atoms with Crippen LogP contribution in [0, 0.1) is 6.92 Å². The first kappa shape index (κ1) is 18.3. The first-order valence-corrected chi connectivity index (χ1v) is 8.62. The van der Waals surface area contributed by atoms with Crippen molar-refractivity contribution in [1.29, 1.82) is 0 Å². The van der Waals surface area contributed by atoms with Crippen molar-refractivity contribution in [3.05, 3.63) is 83.4 Å². The number of hydrogen-bond acceptors (Lipinski definition) is 4. The second-order valence-corrected chi connectivity index (χ2v) is 6.24. The Morgan fingerprint density at radius 3 is 2.52 bits per heavy atom. The standard InChI is InChI=1S/C20H21N5O2/c1-15-3-2-4-18(9-15)20(27)23-11-19(26)22-10-16-5-7-17(8-6-16)12-25-14-21-13-24-25/h2-9,13-14H,10-12H2,1H3,(H,22,26)(H,23,27). The van der Waals surface area contributed by atoms with Gasteiger partial charge in [0.05, 0.1) is 13.1 Å². The summed E-state index contributed by atoms with van der Waals surface area (Å²) in [6.45, 7) is 2.91. The van der Waals surface area contributed by atoms with E-state index < -0.39 is 0 Å².